The average molecular weight is 269 g/mol. The van der Waals surface area contributed by atoms with Crippen molar-refractivity contribution in [2.24, 2.45) is 5.92 Å². The minimum Gasteiger partial charge on any atom is -0.478 e. The molecular weight excluding hydrogens is 257 g/mol. The molecule has 1 amide bonds. The molecule has 1 saturated heterocycles. The standard InChI is InChI=1S/C12H12FNO3S/c13-9-5-7(12(16)17)1-2-10(9)14-11(15)8-3-4-18-6-8/h1-2,5,8H,3-4,6H2,(H,14,15)(H,16,17). The fourth-order valence-corrected chi connectivity index (χ4v) is 2.95. The molecule has 1 aromatic rings. The lowest BCUT2D eigenvalue weighted by molar-refractivity contribution is -0.119. The molecule has 0 aliphatic carbocycles. The molecule has 0 bridgehead atoms. The Balaban J connectivity index is 2.09. The van der Waals surface area contributed by atoms with Crippen LogP contribution >= 0.6 is 11.8 Å². The number of halogens is 1. The maximum Gasteiger partial charge on any atom is 0.335 e. The lowest BCUT2D eigenvalue weighted by Crippen LogP contribution is -2.23. The van der Waals surface area contributed by atoms with Crippen LogP contribution in [0.25, 0.3) is 0 Å². The number of hydrogen-bond acceptors (Lipinski definition) is 3. The van der Waals surface area contributed by atoms with Crippen molar-refractivity contribution in [2.75, 3.05) is 16.8 Å². The highest BCUT2D eigenvalue weighted by Gasteiger charge is 2.23. The quantitative estimate of drug-likeness (QED) is 0.883. The normalized spacial score (nSPS) is 18.6. The van der Waals surface area contributed by atoms with Crippen LogP contribution in [0.15, 0.2) is 18.2 Å². The van der Waals surface area contributed by atoms with Crippen molar-refractivity contribution in [2.45, 2.75) is 6.42 Å². The lowest BCUT2D eigenvalue weighted by atomic mass is 10.1. The minimum absolute atomic E-state index is 0.0295. The molecule has 2 rings (SSSR count). The number of benzene rings is 1. The number of amides is 1. The zero-order valence-electron chi connectivity index (χ0n) is 9.48. The summed E-state index contributed by atoms with van der Waals surface area (Å²) in [5, 5.41) is 11.2. The number of thioether (sulfide) groups is 1. The van der Waals surface area contributed by atoms with E-state index in [0.29, 0.717) is 0 Å². The van der Waals surface area contributed by atoms with Crippen molar-refractivity contribution in [1.29, 1.82) is 0 Å². The van der Waals surface area contributed by atoms with Gasteiger partial charge >= 0.3 is 5.97 Å². The summed E-state index contributed by atoms with van der Waals surface area (Å²) in [5.74, 6) is -0.525. The van der Waals surface area contributed by atoms with Crippen LogP contribution in [0.4, 0.5) is 10.1 Å². The van der Waals surface area contributed by atoms with E-state index in [1.54, 1.807) is 11.8 Å². The van der Waals surface area contributed by atoms with Gasteiger partial charge in [-0.2, -0.15) is 11.8 Å². The van der Waals surface area contributed by atoms with Crippen LogP contribution in [0.2, 0.25) is 0 Å². The molecule has 1 fully saturated rings. The highest BCUT2D eigenvalue weighted by molar-refractivity contribution is 7.99. The van der Waals surface area contributed by atoms with Gasteiger partial charge in [-0.25, -0.2) is 9.18 Å². The molecule has 0 saturated carbocycles. The third-order valence-corrected chi connectivity index (χ3v) is 3.94. The molecule has 0 spiro atoms. The first-order valence-electron chi connectivity index (χ1n) is 5.49. The molecule has 1 aliphatic rings. The summed E-state index contributed by atoms with van der Waals surface area (Å²) < 4.78 is 13.6. The Kier molecular flexibility index (Phi) is 3.86. The maximum atomic E-state index is 13.6. The van der Waals surface area contributed by atoms with E-state index in [4.69, 9.17) is 5.11 Å². The van der Waals surface area contributed by atoms with E-state index in [-0.39, 0.29) is 23.1 Å². The van der Waals surface area contributed by atoms with Crippen LogP contribution in [-0.2, 0) is 4.79 Å². The van der Waals surface area contributed by atoms with E-state index in [1.807, 2.05) is 0 Å². The van der Waals surface area contributed by atoms with Crippen molar-refractivity contribution in [1.82, 2.24) is 0 Å². The summed E-state index contributed by atoms with van der Waals surface area (Å²) in [6.07, 6.45) is 0.797. The van der Waals surface area contributed by atoms with Gasteiger partial charge in [-0.15, -0.1) is 0 Å². The summed E-state index contributed by atoms with van der Waals surface area (Å²) in [4.78, 5) is 22.4. The van der Waals surface area contributed by atoms with Gasteiger partial charge in [0.1, 0.15) is 5.82 Å². The average Bonchev–Trinajstić information content (AvgIpc) is 2.85. The van der Waals surface area contributed by atoms with Gasteiger partial charge in [0.2, 0.25) is 5.91 Å². The second-order valence-corrected chi connectivity index (χ2v) is 5.20. The molecule has 1 heterocycles. The van der Waals surface area contributed by atoms with Crippen molar-refractivity contribution in [3.05, 3.63) is 29.6 Å². The van der Waals surface area contributed by atoms with Crippen molar-refractivity contribution in [3.8, 4) is 0 Å². The summed E-state index contributed by atoms with van der Waals surface area (Å²) in [6, 6.07) is 3.45. The first-order valence-corrected chi connectivity index (χ1v) is 6.65. The van der Waals surface area contributed by atoms with E-state index < -0.39 is 11.8 Å². The Morgan fingerprint density at radius 1 is 1.44 bits per heavy atom. The van der Waals surface area contributed by atoms with E-state index in [1.165, 1.54) is 12.1 Å². The topological polar surface area (TPSA) is 66.4 Å². The van der Waals surface area contributed by atoms with E-state index >= 15 is 0 Å². The van der Waals surface area contributed by atoms with Gasteiger partial charge in [0.25, 0.3) is 0 Å². The Labute approximate surface area is 108 Å². The molecule has 0 radical (unpaired) electrons. The fourth-order valence-electron chi connectivity index (χ4n) is 1.73. The maximum absolute atomic E-state index is 13.6. The number of anilines is 1. The third-order valence-electron chi connectivity index (χ3n) is 2.77. The molecule has 1 atom stereocenters. The van der Waals surface area contributed by atoms with Crippen molar-refractivity contribution < 1.29 is 19.1 Å². The van der Waals surface area contributed by atoms with Gasteiger partial charge < -0.3 is 10.4 Å². The molecule has 0 aromatic heterocycles. The van der Waals surface area contributed by atoms with Crippen molar-refractivity contribution >= 4 is 29.3 Å². The zero-order chi connectivity index (χ0) is 13.1. The Morgan fingerprint density at radius 3 is 2.78 bits per heavy atom. The summed E-state index contributed by atoms with van der Waals surface area (Å²) in [7, 11) is 0. The molecule has 96 valence electrons. The number of aromatic carboxylic acids is 1. The molecular formula is C12H12FNO3S. The molecule has 6 heteroatoms. The third kappa shape index (κ3) is 2.81. The smallest absolute Gasteiger partial charge is 0.335 e. The van der Waals surface area contributed by atoms with Gasteiger partial charge in [-0.1, -0.05) is 0 Å². The Bertz CT molecular complexity index is 486. The van der Waals surface area contributed by atoms with E-state index in [2.05, 4.69) is 5.32 Å². The molecule has 4 nitrogen and oxygen atoms in total. The molecule has 18 heavy (non-hydrogen) atoms. The summed E-state index contributed by atoms with van der Waals surface area (Å²) in [5.41, 5.74) is -0.108. The number of carbonyl (C=O) groups is 2. The van der Waals surface area contributed by atoms with Crippen LogP contribution in [0.1, 0.15) is 16.8 Å². The molecule has 1 unspecified atom stereocenters. The summed E-state index contributed by atoms with van der Waals surface area (Å²) >= 11 is 1.70. The van der Waals surface area contributed by atoms with Crippen LogP contribution in [0, 0.1) is 11.7 Å². The van der Waals surface area contributed by atoms with Gasteiger partial charge in [-0.05, 0) is 30.4 Å². The van der Waals surface area contributed by atoms with E-state index in [0.717, 1.165) is 24.0 Å². The minimum atomic E-state index is -1.20. The predicted molar refractivity (Wildman–Crippen MR) is 67.4 cm³/mol. The fraction of sp³-hybridized carbons (Fsp3) is 0.333. The van der Waals surface area contributed by atoms with Gasteiger partial charge in [-0.3, -0.25) is 4.79 Å². The second kappa shape index (κ2) is 5.39. The Hall–Kier alpha value is -1.56. The number of carboxylic acids is 1. The Morgan fingerprint density at radius 2 is 2.22 bits per heavy atom. The lowest BCUT2D eigenvalue weighted by Gasteiger charge is -2.10. The van der Waals surface area contributed by atoms with Crippen LogP contribution in [0.5, 0.6) is 0 Å². The first-order chi connectivity index (χ1) is 8.58. The summed E-state index contributed by atoms with van der Waals surface area (Å²) in [6.45, 7) is 0. The van der Waals surface area contributed by atoms with Crippen molar-refractivity contribution in [3.63, 3.8) is 0 Å². The van der Waals surface area contributed by atoms with Crippen LogP contribution in [0.3, 0.4) is 0 Å². The van der Waals surface area contributed by atoms with Crippen LogP contribution in [-0.4, -0.2) is 28.5 Å². The van der Waals surface area contributed by atoms with Crippen LogP contribution < -0.4 is 5.32 Å². The van der Waals surface area contributed by atoms with Gasteiger partial charge in [0, 0.05) is 11.7 Å². The molecule has 1 aromatic carbocycles. The SMILES string of the molecule is O=C(O)c1ccc(NC(=O)C2CCSC2)c(F)c1. The molecule has 2 N–H and O–H groups in total. The monoisotopic (exact) mass is 269 g/mol. The largest absolute Gasteiger partial charge is 0.478 e. The number of hydrogen-bond donors (Lipinski definition) is 2. The zero-order valence-corrected chi connectivity index (χ0v) is 10.3. The number of rotatable bonds is 3. The first kappa shape index (κ1) is 12.9. The van der Waals surface area contributed by atoms with Gasteiger partial charge in [0.15, 0.2) is 0 Å². The molecule has 1 aliphatic heterocycles. The highest BCUT2D eigenvalue weighted by Crippen LogP contribution is 2.25. The second-order valence-electron chi connectivity index (χ2n) is 4.05. The predicted octanol–water partition coefficient (Wildman–Crippen LogP) is 2.22. The van der Waals surface area contributed by atoms with Gasteiger partial charge in [0.05, 0.1) is 11.3 Å². The van der Waals surface area contributed by atoms with E-state index in [9.17, 15) is 14.0 Å². The highest BCUT2D eigenvalue weighted by atomic mass is 32.2. The number of carbonyl (C=O) groups excluding carboxylic acids is 1. The number of nitrogens with one attached hydrogen (secondary N) is 1. The number of carboxylic acid groups (broad SMARTS) is 1.